The highest BCUT2D eigenvalue weighted by Crippen LogP contribution is 2.40. The van der Waals surface area contributed by atoms with Gasteiger partial charge in [-0.05, 0) is 19.3 Å². The first kappa shape index (κ1) is 11.1. The zero-order chi connectivity index (χ0) is 11.9. The Bertz CT molecular complexity index is 352. The van der Waals surface area contributed by atoms with Crippen LogP contribution in [0.2, 0.25) is 0 Å². The Hall–Kier alpha value is -1.39. The van der Waals surface area contributed by atoms with Gasteiger partial charge >= 0.3 is 5.97 Å². The molecule has 0 radical (unpaired) electrons. The molecule has 5 heteroatoms. The molecule has 88 valence electrons. The lowest BCUT2D eigenvalue weighted by Crippen LogP contribution is -2.31. The van der Waals surface area contributed by atoms with Gasteiger partial charge in [0.2, 0.25) is 11.8 Å². The van der Waals surface area contributed by atoms with Crippen molar-refractivity contribution >= 4 is 17.8 Å². The molecule has 0 aromatic carbocycles. The van der Waals surface area contributed by atoms with Crippen molar-refractivity contribution in [2.24, 2.45) is 17.8 Å². The van der Waals surface area contributed by atoms with Crippen molar-refractivity contribution in [3.8, 4) is 0 Å². The zero-order valence-electron chi connectivity index (χ0n) is 9.43. The summed E-state index contributed by atoms with van der Waals surface area (Å²) >= 11 is 0. The molecule has 0 aromatic rings. The molecule has 0 N–H and O–H groups in total. The first-order valence-corrected chi connectivity index (χ1v) is 5.45. The van der Waals surface area contributed by atoms with Crippen LogP contribution in [0.1, 0.15) is 19.3 Å². The summed E-state index contributed by atoms with van der Waals surface area (Å²) in [5.74, 6) is -1.27. The fourth-order valence-corrected chi connectivity index (χ4v) is 2.73. The van der Waals surface area contributed by atoms with E-state index in [1.165, 1.54) is 19.1 Å². The number of nitrogens with zero attached hydrogens (tertiary/aromatic N) is 1. The van der Waals surface area contributed by atoms with E-state index in [0.717, 1.165) is 0 Å². The monoisotopic (exact) mass is 225 g/mol. The van der Waals surface area contributed by atoms with Gasteiger partial charge in [-0.1, -0.05) is 0 Å². The van der Waals surface area contributed by atoms with Gasteiger partial charge in [0.1, 0.15) is 0 Å². The number of ether oxygens (including phenoxy) is 1. The average Bonchev–Trinajstić information content (AvgIpc) is 2.53. The van der Waals surface area contributed by atoms with Crippen LogP contribution in [0.15, 0.2) is 0 Å². The summed E-state index contributed by atoms with van der Waals surface area (Å²) in [7, 11) is 2.86. The smallest absolute Gasteiger partial charge is 0.308 e. The number of esters is 1. The highest BCUT2D eigenvalue weighted by atomic mass is 16.5. The number of amides is 2. The second-order valence-electron chi connectivity index (χ2n) is 4.48. The molecule has 1 aliphatic heterocycles. The third kappa shape index (κ3) is 1.50. The van der Waals surface area contributed by atoms with Crippen molar-refractivity contribution < 1.29 is 19.1 Å². The largest absolute Gasteiger partial charge is 0.469 e. The van der Waals surface area contributed by atoms with Crippen molar-refractivity contribution in [3.05, 3.63) is 0 Å². The van der Waals surface area contributed by atoms with Gasteiger partial charge in [0.25, 0.3) is 0 Å². The quantitative estimate of drug-likeness (QED) is 0.472. The maximum absolute atomic E-state index is 11.8. The lowest BCUT2D eigenvalue weighted by atomic mass is 9.75. The minimum atomic E-state index is -0.310. The number of carbonyl (C=O) groups excluding carboxylic acids is 3. The van der Waals surface area contributed by atoms with Crippen LogP contribution < -0.4 is 0 Å². The van der Waals surface area contributed by atoms with Gasteiger partial charge in [-0.3, -0.25) is 19.3 Å². The van der Waals surface area contributed by atoms with Crippen molar-refractivity contribution in [3.63, 3.8) is 0 Å². The Morgan fingerprint density at radius 1 is 1.25 bits per heavy atom. The topological polar surface area (TPSA) is 63.7 Å². The minimum Gasteiger partial charge on any atom is -0.469 e. The second-order valence-corrected chi connectivity index (χ2v) is 4.48. The van der Waals surface area contributed by atoms with E-state index in [0.29, 0.717) is 19.3 Å². The summed E-state index contributed by atoms with van der Waals surface area (Å²) < 4.78 is 4.68. The number of rotatable bonds is 1. The van der Waals surface area contributed by atoms with E-state index in [-0.39, 0.29) is 35.5 Å². The number of methoxy groups -OCH3 is 1. The van der Waals surface area contributed by atoms with Gasteiger partial charge in [0.15, 0.2) is 0 Å². The van der Waals surface area contributed by atoms with Gasteiger partial charge < -0.3 is 4.74 Å². The molecule has 3 atom stereocenters. The van der Waals surface area contributed by atoms with Crippen LogP contribution in [0.25, 0.3) is 0 Å². The molecule has 1 saturated carbocycles. The molecular weight excluding hydrogens is 210 g/mol. The summed E-state index contributed by atoms with van der Waals surface area (Å²) in [5.41, 5.74) is 0. The molecular formula is C11H15NO4. The van der Waals surface area contributed by atoms with Crippen LogP contribution in [0.3, 0.4) is 0 Å². The van der Waals surface area contributed by atoms with E-state index >= 15 is 0 Å². The van der Waals surface area contributed by atoms with E-state index in [1.54, 1.807) is 0 Å². The number of imide groups is 1. The molecule has 2 rings (SSSR count). The summed E-state index contributed by atoms with van der Waals surface area (Å²) in [5, 5.41) is 0. The van der Waals surface area contributed by atoms with Gasteiger partial charge in [-0.2, -0.15) is 0 Å². The normalized spacial score (nSPS) is 33.9. The first-order chi connectivity index (χ1) is 7.56. The van der Waals surface area contributed by atoms with Crippen LogP contribution >= 0.6 is 0 Å². The second kappa shape index (κ2) is 3.88. The van der Waals surface area contributed by atoms with Crippen LogP contribution in [-0.4, -0.2) is 36.8 Å². The van der Waals surface area contributed by atoms with Gasteiger partial charge in [-0.25, -0.2) is 0 Å². The molecule has 2 fully saturated rings. The SMILES string of the molecule is COC(=O)C1CCC2C(=O)N(C)C(=O)C2C1. The van der Waals surface area contributed by atoms with E-state index in [4.69, 9.17) is 0 Å². The number of carbonyl (C=O) groups is 3. The van der Waals surface area contributed by atoms with Crippen LogP contribution in [0.5, 0.6) is 0 Å². The van der Waals surface area contributed by atoms with Crippen molar-refractivity contribution in [1.29, 1.82) is 0 Å². The maximum atomic E-state index is 11.8. The molecule has 0 bridgehead atoms. The van der Waals surface area contributed by atoms with Gasteiger partial charge in [0.05, 0.1) is 24.9 Å². The first-order valence-electron chi connectivity index (χ1n) is 5.45. The molecule has 2 aliphatic rings. The predicted octanol–water partition coefficient (Wildman–Crippen LogP) is 0.190. The molecule has 1 saturated heterocycles. The molecule has 0 spiro atoms. The van der Waals surface area contributed by atoms with E-state index in [2.05, 4.69) is 4.74 Å². The molecule has 1 aliphatic carbocycles. The molecule has 3 unspecified atom stereocenters. The number of hydrogen-bond donors (Lipinski definition) is 0. The fraction of sp³-hybridized carbons (Fsp3) is 0.727. The van der Waals surface area contributed by atoms with Gasteiger partial charge in [-0.15, -0.1) is 0 Å². The third-order valence-electron chi connectivity index (χ3n) is 3.68. The molecule has 16 heavy (non-hydrogen) atoms. The molecule has 5 nitrogen and oxygen atoms in total. The Morgan fingerprint density at radius 3 is 2.50 bits per heavy atom. The molecule has 2 amide bonds. The molecule has 0 aromatic heterocycles. The maximum Gasteiger partial charge on any atom is 0.308 e. The van der Waals surface area contributed by atoms with Crippen LogP contribution in [0, 0.1) is 17.8 Å². The van der Waals surface area contributed by atoms with E-state index in [9.17, 15) is 14.4 Å². The van der Waals surface area contributed by atoms with E-state index < -0.39 is 0 Å². The predicted molar refractivity (Wildman–Crippen MR) is 54.1 cm³/mol. The lowest BCUT2D eigenvalue weighted by Gasteiger charge is -2.26. The van der Waals surface area contributed by atoms with Crippen molar-refractivity contribution in [1.82, 2.24) is 4.90 Å². The Balaban J connectivity index is 2.13. The number of likely N-dealkylation sites (tertiary alicyclic amines) is 1. The summed E-state index contributed by atoms with van der Waals surface area (Å²) in [6.45, 7) is 0. The third-order valence-corrected chi connectivity index (χ3v) is 3.68. The van der Waals surface area contributed by atoms with Crippen molar-refractivity contribution in [2.75, 3.05) is 14.2 Å². The number of hydrogen-bond acceptors (Lipinski definition) is 4. The Kier molecular flexibility index (Phi) is 2.69. The van der Waals surface area contributed by atoms with Crippen molar-refractivity contribution in [2.45, 2.75) is 19.3 Å². The number of fused-ring (bicyclic) bond motifs is 1. The highest BCUT2D eigenvalue weighted by molar-refractivity contribution is 6.05. The molecule has 1 heterocycles. The fourth-order valence-electron chi connectivity index (χ4n) is 2.73. The van der Waals surface area contributed by atoms with Gasteiger partial charge in [0, 0.05) is 7.05 Å². The summed E-state index contributed by atoms with van der Waals surface area (Å²) in [6, 6.07) is 0. The zero-order valence-corrected chi connectivity index (χ0v) is 9.43. The summed E-state index contributed by atoms with van der Waals surface area (Å²) in [4.78, 5) is 36.0. The lowest BCUT2D eigenvalue weighted by molar-refractivity contribution is -0.148. The van der Waals surface area contributed by atoms with Crippen LogP contribution in [-0.2, 0) is 19.1 Å². The average molecular weight is 225 g/mol. The Labute approximate surface area is 93.7 Å². The highest BCUT2D eigenvalue weighted by Gasteiger charge is 2.49. The van der Waals surface area contributed by atoms with Crippen LogP contribution in [0.4, 0.5) is 0 Å². The standard InChI is InChI=1S/C11H15NO4/c1-12-9(13)7-4-3-6(11(15)16-2)5-8(7)10(12)14/h6-8H,3-5H2,1-2H3. The summed E-state index contributed by atoms with van der Waals surface area (Å²) in [6.07, 6.45) is 1.70. The Morgan fingerprint density at radius 2 is 1.88 bits per heavy atom. The van der Waals surface area contributed by atoms with E-state index in [1.807, 2.05) is 0 Å². The minimum absolute atomic E-state index is 0.0988.